The van der Waals surface area contributed by atoms with Crippen molar-refractivity contribution in [3.63, 3.8) is 0 Å². The van der Waals surface area contributed by atoms with E-state index in [0.717, 1.165) is 12.1 Å². The first-order chi connectivity index (χ1) is 17.4. The van der Waals surface area contributed by atoms with Gasteiger partial charge < -0.3 is 53.6 Å². The fourth-order valence-corrected chi connectivity index (χ4v) is 7.11. The van der Waals surface area contributed by atoms with Gasteiger partial charge in [0.15, 0.2) is 28.2 Å². The van der Waals surface area contributed by atoms with Crippen molar-refractivity contribution in [2.75, 3.05) is 53.2 Å². The Hall–Kier alpha value is -0.00623. The molecule has 3 heterocycles. The van der Waals surface area contributed by atoms with E-state index in [9.17, 15) is 20.4 Å². The normalized spacial score (nSPS) is 38.5. The van der Waals surface area contributed by atoms with E-state index in [0.29, 0.717) is 13.2 Å². The second kappa shape index (κ2) is 11.3. The number of rotatable bonds is 15. The average molecular weight is 583 g/mol. The van der Waals surface area contributed by atoms with E-state index in [-0.39, 0.29) is 26.8 Å². The van der Waals surface area contributed by atoms with Crippen LogP contribution in [0.5, 0.6) is 0 Å². The molecule has 0 amide bonds. The first-order valence-electron chi connectivity index (χ1n) is 13.5. The molecule has 0 radical (unpaired) electrons. The highest BCUT2D eigenvalue weighted by molar-refractivity contribution is 6.76. The van der Waals surface area contributed by atoms with Crippen LogP contribution in [0.15, 0.2) is 0 Å². The fourth-order valence-electron chi connectivity index (χ4n) is 5.60. The van der Waals surface area contributed by atoms with Crippen molar-refractivity contribution < 1.29 is 53.6 Å². The Balaban J connectivity index is 1.88. The van der Waals surface area contributed by atoms with Crippen LogP contribution >= 0.6 is 0 Å². The first kappa shape index (κ1) is 32.5. The quantitative estimate of drug-likeness (QED) is 0.125. The van der Waals surface area contributed by atoms with Crippen molar-refractivity contribution >= 4 is 16.1 Å². The Morgan fingerprint density at radius 3 is 1.97 bits per heavy atom. The molecule has 3 aliphatic rings. The van der Waals surface area contributed by atoms with Crippen molar-refractivity contribution in [3.8, 4) is 0 Å². The molecule has 0 aromatic heterocycles. The predicted octanol–water partition coefficient (Wildman–Crippen LogP) is 1.13. The van der Waals surface area contributed by atoms with Gasteiger partial charge in [-0.1, -0.05) is 39.3 Å². The summed E-state index contributed by atoms with van der Waals surface area (Å²) in [4.78, 5) is 0. The number of fused-ring (bicyclic) bond motifs is 1. The lowest BCUT2D eigenvalue weighted by molar-refractivity contribution is -0.374. The van der Waals surface area contributed by atoms with Crippen LogP contribution in [-0.4, -0.2) is 130 Å². The number of hydrogen-bond donors (Lipinski definition) is 4. The Morgan fingerprint density at radius 2 is 1.45 bits per heavy atom. The van der Waals surface area contributed by atoms with Crippen LogP contribution in [0.3, 0.4) is 0 Å². The maximum absolute atomic E-state index is 12.1. The standard InChI is InChI=1S/C25H50O11Si2/c1-21(2)33-16-23-20(35-21)19(28)22(36-23,15-32-17-30-9-11-37(3,4)5)25(14-27,24(23,29)13-26)34-18-31-10-12-38(6,7)8/h19-20,26-29H,9-18H2,1-8H3/t19-,20-,22-,23-,24-,25+/m1/s1. The molecule has 0 aromatic carbocycles. The zero-order chi connectivity index (χ0) is 28.7. The Bertz CT molecular complexity index is 803. The third-order valence-electron chi connectivity index (χ3n) is 8.00. The summed E-state index contributed by atoms with van der Waals surface area (Å²) < 4.78 is 41.7. The summed E-state index contributed by atoms with van der Waals surface area (Å²) >= 11 is 0. The zero-order valence-electron chi connectivity index (χ0n) is 24.4. The van der Waals surface area contributed by atoms with Crippen LogP contribution in [-0.2, 0) is 33.2 Å². The molecule has 3 fully saturated rings. The summed E-state index contributed by atoms with van der Waals surface area (Å²) in [6.07, 6.45) is -2.48. The molecule has 38 heavy (non-hydrogen) atoms. The molecule has 0 aromatic rings. The van der Waals surface area contributed by atoms with Gasteiger partial charge in [-0.2, -0.15) is 0 Å². The first-order valence-corrected chi connectivity index (χ1v) is 20.9. The summed E-state index contributed by atoms with van der Waals surface area (Å²) in [7, 11) is -2.66. The second-order valence-electron chi connectivity index (χ2n) is 13.7. The minimum Gasteiger partial charge on any atom is -0.393 e. The lowest BCUT2D eigenvalue weighted by Gasteiger charge is -2.58. The molecule has 3 aliphatic heterocycles. The zero-order valence-corrected chi connectivity index (χ0v) is 26.4. The van der Waals surface area contributed by atoms with E-state index in [4.69, 9.17) is 33.2 Å². The van der Waals surface area contributed by atoms with Gasteiger partial charge in [-0.15, -0.1) is 0 Å². The van der Waals surface area contributed by atoms with Crippen LogP contribution < -0.4 is 0 Å². The van der Waals surface area contributed by atoms with Gasteiger partial charge >= 0.3 is 0 Å². The van der Waals surface area contributed by atoms with E-state index in [1.165, 1.54) is 0 Å². The number of aliphatic hydroxyl groups excluding tert-OH is 3. The lowest BCUT2D eigenvalue weighted by atomic mass is 9.58. The second-order valence-corrected chi connectivity index (χ2v) is 25.0. The smallest absolute Gasteiger partial charge is 0.163 e. The molecule has 13 heteroatoms. The Labute approximate surface area is 228 Å². The van der Waals surface area contributed by atoms with Crippen LogP contribution in [0.2, 0.25) is 51.4 Å². The fraction of sp³-hybridized carbons (Fsp3) is 1.00. The van der Waals surface area contributed by atoms with Crippen LogP contribution in [0.25, 0.3) is 0 Å². The minimum absolute atomic E-state index is 0.0887. The van der Waals surface area contributed by atoms with Gasteiger partial charge in [0.2, 0.25) is 0 Å². The topological polar surface area (TPSA) is 146 Å². The monoisotopic (exact) mass is 582 g/mol. The van der Waals surface area contributed by atoms with Crippen molar-refractivity contribution in [2.45, 2.75) is 106 Å². The molecule has 2 bridgehead atoms. The summed E-state index contributed by atoms with van der Waals surface area (Å²) in [5.41, 5.74) is -7.80. The highest BCUT2D eigenvalue weighted by atomic mass is 28.3. The van der Waals surface area contributed by atoms with Crippen LogP contribution in [0, 0.1) is 0 Å². The molecule has 3 saturated heterocycles. The number of hydrogen-bond acceptors (Lipinski definition) is 11. The molecule has 0 saturated carbocycles. The molecule has 11 nitrogen and oxygen atoms in total. The van der Waals surface area contributed by atoms with Gasteiger partial charge in [0.05, 0.1) is 26.4 Å². The van der Waals surface area contributed by atoms with Gasteiger partial charge in [0.1, 0.15) is 25.8 Å². The van der Waals surface area contributed by atoms with Gasteiger partial charge in [0.25, 0.3) is 0 Å². The molecule has 4 N–H and O–H groups in total. The molecule has 0 aliphatic carbocycles. The van der Waals surface area contributed by atoms with E-state index < -0.39 is 69.8 Å². The average Bonchev–Trinajstić information content (AvgIpc) is 3.16. The molecule has 224 valence electrons. The maximum atomic E-state index is 12.1. The maximum Gasteiger partial charge on any atom is 0.163 e. The summed E-state index contributed by atoms with van der Waals surface area (Å²) in [6.45, 7) is 15.2. The van der Waals surface area contributed by atoms with Gasteiger partial charge in [-0.05, 0) is 25.9 Å². The van der Waals surface area contributed by atoms with E-state index in [2.05, 4.69) is 39.3 Å². The third kappa shape index (κ3) is 5.69. The predicted molar refractivity (Wildman–Crippen MR) is 144 cm³/mol. The van der Waals surface area contributed by atoms with Crippen LogP contribution in [0.1, 0.15) is 13.8 Å². The lowest BCUT2D eigenvalue weighted by Crippen LogP contribution is -2.83. The third-order valence-corrected chi connectivity index (χ3v) is 11.4. The largest absolute Gasteiger partial charge is 0.393 e. The van der Waals surface area contributed by atoms with Gasteiger partial charge in [-0.3, -0.25) is 0 Å². The Kier molecular flexibility index (Phi) is 9.71. The van der Waals surface area contributed by atoms with E-state index in [1.54, 1.807) is 13.8 Å². The molecule has 6 atom stereocenters. The molecule has 0 unspecified atom stereocenters. The molecule has 1 spiro atoms. The van der Waals surface area contributed by atoms with E-state index >= 15 is 0 Å². The minimum atomic E-state index is -2.22. The van der Waals surface area contributed by atoms with E-state index in [1.807, 2.05) is 0 Å². The van der Waals surface area contributed by atoms with Crippen molar-refractivity contribution in [1.82, 2.24) is 0 Å². The number of ether oxygens (including phenoxy) is 7. The van der Waals surface area contributed by atoms with Crippen molar-refractivity contribution in [1.29, 1.82) is 0 Å². The number of aliphatic hydroxyl groups is 4. The molecule has 3 rings (SSSR count). The van der Waals surface area contributed by atoms with Crippen LogP contribution in [0.4, 0.5) is 0 Å². The van der Waals surface area contributed by atoms with Gasteiger partial charge in [0, 0.05) is 29.4 Å². The molecular formula is C25H50O11Si2. The molecular weight excluding hydrogens is 532 g/mol. The SMILES string of the molecule is CC1(C)OC[C@@]23O[C@](COCOCC[Si](C)(C)C)([C@H](O)[C@H]2O1)[C@](CO)(OCOCC[Si](C)(C)C)[C@@]3(O)CO. The Morgan fingerprint density at radius 1 is 0.868 bits per heavy atom. The van der Waals surface area contributed by atoms with Gasteiger partial charge in [-0.25, -0.2) is 0 Å². The van der Waals surface area contributed by atoms with Crippen molar-refractivity contribution in [2.24, 2.45) is 0 Å². The summed E-state index contributed by atoms with van der Waals surface area (Å²) in [5, 5.41) is 45.1. The van der Waals surface area contributed by atoms with Crippen molar-refractivity contribution in [3.05, 3.63) is 0 Å². The summed E-state index contributed by atoms with van der Waals surface area (Å²) in [6, 6.07) is 1.84. The summed E-state index contributed by atoms with van der Waals surface area (Å²) in [5.74, 6) is -1.08. The highest BCUT2D eigenvalue weighted by Gasteiger charge is 2.91. The highest BCUT2D eigenvalue weighted by Crippen LogP contribution is 2.65.